The molecule has 0 radical (unpaired) electrons. The molecule has 138 valence electrons. The Labute approximate surface area is 165 Å². The van der Waals surface area contributed by atoms with Crippen LogP contribution in [-0.4, -0.2) is 24.5 Å². The molecule has 3 aromatic rings. The van der Waals surface area contributed by atoms with Gasteiger partial charge in [-0.2, -0.15) is 0 Å². The van der Waals surface area contributed by atoms with E-state index in [2.05, 4.69) is 63.0 Å². The Morgan fingerprint density at radius 2 is 1.81 bits per heavy atom. The highest BCUT2D eigenvalue weighted by atomic mass is 32.1. The molecule has 1 fully saturated rings. The molecule has 0 aliphatic carbocycles. The molecule has 27 heavy (non-hydrogen) atoms. The lowest BCUT2D eigenvalue weighted by molar-refractivity contribution is 0.291. The molecule has 0 amide bonds. The Balaban J connectivity index is 1.77. The zero-order valence-corrected chi connectivity index (χ0v) is 16.3. The van der Waals surface area contributed by atoms with E-state index >= 15 is 0 Å². The zero-order valence-electron chi connectivity index (χ0n) is 15.5. The second kappa shape index (κ2) is 7.48. The van der Waals surface area contributed by atoms with Gasteiger partial charge in [-0.15, -0.1) is 0 Å². The van der Waals surface area contributed by atoms with Crippen LogP contribution in [0, 0.1) is 0 Å². The highest BCUT2D eigenvalue weighted by Gasteiger charge is 2.41. The Bertz CT molecular complexity index is 907. The van der Waals surface area contributed by atoms with Crippen molar-refractivity contribution in [3.8, 4) is 0 Å². The highest BCUT2D eigenvalue weighted by Crippen LogP contribution is 2.40. The van der Waals surface area contributed by atoms with Crippen molar-refractivity contribution in [2.24, 2.45) is 0 Å². The van der Waals surface area contributed by atoms with Gasteiger partial charge < -0.3 is 14.8 Å². The van der Waals surface area contributed by atoms with Crippen molar-refractivity contribution in [2.75, 3.05) is 0 Å². The van der Waals surface area contributed by atoms with Gasteiger partial charge in [-0.25, -0.2) is 0 Å². The van der Waals surface area contributed by atoms with E-state index in [1.54, 1.807) is 0 Å². The average molecular weight is 378 g/mol. The van der Waals surface area contributed by atoms with E-state index in [4.69, 9.17) is 12.2 Å². The predicted octanol–water partition coefficient (Wildman–Crippen LogP) is 4.03. The molecule has 1 aliphatic rings. The fraction of sp³-hybridized carbons (Fsp3) is 0.286. The average Bonchev–Trinajstić information content (AvgIpc) is 3.28. The van der Waals surface area contributed by atoms with Gasteiger partial charge in [-0.05, 0) is 62.5 Å². The summed E-state index contributed by atoms with van der Waals surface area (Å²) in [6, 6.07) is 16.7. The van der Waals surface area contributed by atoms with Crippen LogP contribution in [-0.2, 0) is 6.54 Å². The van der Waals surface area contributed by atoms with Crippen molar-refractivity contribution in [2.45, 2.75) is 38.5 Å². The van der Waals surface area contributed by atoms with Crippen LogP contribution in [0.25, 0.3) is 0 Å². The first-order valence-electron chi connectivity index (χ1n) is 9.20. The van der Waals surface area contributed by atoms with Crippen molar-refractivity contribution in [1.29, 1.82) is 0 Å². The zero-order chi connectivity index (χ0) is 18.8. The van der Waals surface area contributed by atoms with E-state index in [1.807, 2.05) is 42.7 Å². The number of thiocarbonyl (C=S) groups is 1. The topological polar surface area (TPSA) is 46.0 Å². The van der Waals surface area contributed by atoms with Gasteiger partial charge in [0.05, 0.1) is 30.0 Å². The second-order valence-electron chi connectivity index (χ2n) is 7.01. The van der Waals surface area contributed by atoms with Gasteiger partial charge in [0.15, 0.2) is 5.11 Å². The molecule has 0 bridgehead atoms. The van der Waals surface area contributed by atoms with E-state index in [0.717, 1.165) is 16.5 Å². The van der Waals surface area contributed by atoms with Crippen LogP contribution >= 0.6 is 12.2 Å². The molecule has 2 unspecified atom stereocenters. The number of rotatable bonds is 5. The second-order valence-corrected chi connectivity index (χ2v) is 7.40. The van der Waals surface area contributed by atoms with E-state index in [1.165, 1.54) is 5.69 Å². The van der Waals surface area contributed by atoms with Crippen molar-refractivity contribution in [1.82, 2.24) is 24.8 Å². The summed E-state index contributed by atoms with van der Waals surface area (Å²) in [5.41, 5.74) is 3.21. The molecule has 0 saturated carbocycles. The number of nitrogens with zero attached hydrogens (tertiary/aromatic N) is 4. The molecule has 1 aliphatic heterocycles. The van der Waals surface area contributed by atoms with Crippen LogP contribution in [0.5, 0.6) is 0 Å². The van der Waals surface area contributed by atoms with E-state index < -0.39 is 0 Å². The number of hydrogen-bond donors (Lipinski definition) is 1. The third-order valence-electron chi connectivity index (χ3n) is 4.93. The molecule has 3 aromatic heterocycles. The lowest BCUT2D eigenvalue weighted by atomic mass is 10.0. The molecule has 0 spiro atoms. The Morgan fingerprint density at radius 1 is 1.04 bits per heavy atom. The SMILES string of the molecule is CC(C)n1cccc1C1C(c2ccccn2)NC(=S)N1Cc1ccccn1. The fourth-order valence-corrected chi connectivity index (χ4v) is 4.00. The number of hydrogen-bond acceptors (Lipinski definition) is 3. The fourth-order valence-electron chi connectivity index (χ4n) is 3.69. The molecule has 4 rings (SSSR count). The van der Waals surface area contributed by atoms with Gasteiger partial charge in [0.2, 0.25) is 0 Å². The van der Waals surface area contributed by atoms with Gasteiger partial charge in [0.1, 0.15) is 0 Å². The molecule has 2 atom stereocenters. The number of aromatic nitrogens is 3. The van der Waals surface area contributed by atoms with E-state index in [9.17, 15) is 0 Å². The van der Waals surface area contributed by atoms with Crippen LogP contribution in [0.2, 0.25) is 0 Å². The highest BCUT2D eigenvalue weighted by molar-refractivity contribution is 7.80. The normalized spacial score (nSPS) is 19.5. The summed E-state index contributed by atoms with van der Waals surface area (Å²) in [7, 11) is 0. The maximum Gasteiger partial charge on any atom is 0.170 e. The lowest BCUT2D eigenvalue weighted by Crippen LogP contribution is -2.30. The molecule has 1 N–H and O–H groups in total. The van der Waals surface area contributed by atoms with Crippen molar-refractivity contribution >= 4 is 17.3 Å². The first-order valence-corrected chi connectivity index (χ1v) is 9.60. The quantitative estimate of drug-likeness (QED) is 0.680. The summed E-state index contributed by atoms with van der Waals surface area (Å²) >= 11 is 5.73. The van der Waals surface area contributed by atoms with Crippen LogP contribution in [0.3, 0.4) is 0 Å². The third kappa shape index (κ3) is 3.45. The predicted molar refractivity (Wildman–Crippen MR) is 110 cm³/mol. The van der Waals surface area contributed by atoms with Crippen LogP contribution in [0.1, 0.15) is 49.1 Å². The Kier molecular flexibility index (Phi) is 4.90. The minimum absolute atomic E-state index is 0.00480. The van der Waals surface area contributed by atoms with Crippen LogP contribution in [0.15, 0.2) is 67.1 Å². The maximum absolute atomic E-state index is 5.73. The monoisotopic (exact) mass is 377 g/mol. The molecule has 5 nitrogen and oxygen atoms in total. The standard InChI is InChI=1S/C21H23N5S/c1-15(2)25-13-7-10-18(25)20-19(17-9-4-6-12-23-17)24-21(27)26(20)14-16-8-3-5-11-22-16/h3-13,15,19-20H,14H2,1-2H3,(H,24,27). The number of nitrogens with one attached hydrogen (secondary N) is 1. The molecular formula is C21H23N5S. The Hall–Kier alpha value is -2.73. The first kappa shape index (κ1) is 17.7. The third-order valence-corrected chi connectivity index (χ3v) is 5.28. The van der Waals surface area contributed by atoms with Gasteiger partial charge in [0.25, 0.3) is 0 Å². The van der Waals surface area contributed by atoms with Gasteiger partial charge in [-0.1, -0.05) is 12.1 Å². The van der Waals surface area contributed by atoms with Crippen molar-refractivity contribution < 1.29 is 0 Å². The van der Waals surface area contributed by atoms with Gasteiger partial charge >= 0.3 is 0 Å². The summed E-state index contributed by atoms with van der Waals surface area (Å²) in [5, 5.41) is 4.23. The lowest BCUT2D eigenvalue weighted by Gasteiger charge is -2.29. The van der Waals surface area contributed by atoms with Crippen LogP contribution < -0.4 is 5.32 Å². The minimum Gasteiger partial charge on any atom is -0.352 e. The summed E-state index contributed by atoms with van der Waals surface area (Å²) in [5.74, 6) is 0. The van der Waals surface area contributed by atoms with Crippen molar-refractivity contribution in [3.63, 3.8) is 0 Å². The summed E-state index contributed by atoms with van der Waals surface area (Å²) in [6.07, 6.45) is 5.79. The van der Waals surface area contributed by atoms with E-state index in [0.29, 0.717) is 12.6 Å². The minimum atomic E-state index is -0.00480. The maximum atomic E-state index is 5.73. The van der Waals surface area contributed by atoms with Gasteiger partial charge in [0, 0.05) is 30.3 Å². The van der Waals surface area contributed by atoms with E-state index in [-0.39, 0.29) is 12.1 Å². The Morgan fingerprint density at radius 3 is 2.48 bits per heavy atom. The molecule has 0 aromatic carbocycles. The largest absolute Gasteiger partial charge is 0.352 e. The molecule has 4 heterocycles. The molecule has 1 saturated heterocycles. The van der Waals surface area contributed by atoms with Gasteiger partial charge in [-0.3, -0.25) is 9.97 Å². The summed E-state index contributed by atoms with van der Waals surface area (Å²) < 4.78 is 2.31. The molecular weight excluding hydrogens is 354 g/mol. The summed E-state index contributed by atoms with van der Waals surface area (Å²) in [6.45, 7) is 5.05. The smallest absolute Gasteiger partial charge is 0.170 e. The number of pyridine rings is 2. The van der Waals surface area contributed by atoms with Crippen LogP contribution in [0.4, 0.5) is 0 Å². The molecule has 6 heteroatoms. The first-order chi connectivity index (χ1) is 13.1. The van der Waals surface area contributed by atoms with Crippen molar-refractivity contribution in [3.05, 3.63) is 84.2 Å². The summed E-state index contributed by atoms with van der Waals surface area (Å²) in [4.78, 5) is 11.3.